The van der Waals surface area contributed by atoms with Crippen molar-refractivity contribution in [3.8, 4) is 5.75 Å². The molecule has 110 valence electrons. The van der Waals surface area contributed by atoms with Gasteiger partial charge in [-0.3, -0.25) is 0 Å². The third-order valence-corrected chi connectivity index (χ3v) is 4.15. The molecule has 0 spiro atoms. The van der Waals surface area contributed by atoms with Crippen LogP contribution in [-0.4, -0.2) is 26.7 Å². The molecule has 3 rings (SSSR count). The zero-order valence-corrected chi connectivity index (χ0v) is 13.9. The Balaban J connectivity index is 1.61. The zero-order valence-electron chi connectivity index (χ0n) is 12.3. The molecular weight excluding hydrogens is 328 g/mol. The number of hydrogen-bond acceptors (Lipinski definition) is 3. The summed E-state index contributed by atoms with van der Waals surface area (Å²) in [5.74, 6) is 1.01. The van der Waals surface area contributed by atoms with Gasteiger partial charge in [-0.2, -0.15) is 0 Å². The molecule has 1 unspecified atom stereocenters. The van der Waals surface area contributed by atoms with Gasteiger partial charge in [-0.1, -0.05) is 22.0 Å². The van der Waals surface area contributed by atoms with Crippen molar-refractivity contribution in [1.82, 2.24) is 0 Å². The molecule has 1 N–H and O–H groups in total. The van der Waals surface area contributed by atoms with E-state index in [1.54, 1.807) is 0 Å². The van der Waals surface area contributed by atoms with Gasteiger partial charge in [0.2, 0.25) is 0 Å². The summed E-state index contributed by atoms with van der Waals surface area (Å²) in [5, 5.41) is 3.47. The predicted octanol–water partition coefficient (Wildman–Crippen LogP) is 3.93. The van der Waals surface area contributed by atoms with Crippen LogP contribution >= 0.6 is 15.9 Å². The summed E-state index contributed by atoms with van der Waals surface area (Å²) >= 11 is 3.51. The van der Waals surface area contributed by atoms with E-state index in [1.807, 2.05) is 26.2 Å². The lowest BCUT2D eigenvalue weighted by molar-refractivity contribution is 0.246. The lowest BCUT2D eigenvalue weighted by Crippen LogP contribution is -2.24. The molecule has 3 nitrogen and oxygen atoms in total. The van der Waals surface area contributed by atoms with Gasteiger partial charge >= 0.3 is 0 Å². The Kier molecular flexibility index (Phi) is 4.06. The zero-order chi connectivity index (χ0) is 14.8. The van der Waals surface area contributed by atoms with E-state index < -0.39 is 0 Å². The number of fused-ring (bicyclic) bond motifs is 1. The summed E-state index contributed by atoms with van der Waals surface area (Å²) < 4.78 is 7.08. The number of hydrogen-bond donors (Lipinski definition) is 1. The maximum absolute atomic E-state index is 5.97. The fourth-order valence-corrected chi connectivity index (χ4v) is 2.94. The lowest BCUT2D eigenvalue weighted by Gasteiger charge is -2.16. The molecule has 0 saturated carbocycles. The van der Waals surface area contributed by atoms with Crippen LogP contribution in [-0.2, 0) is 6.42 Å². The molecule has 0 radical (unpaired) electrons. The van der Waals surface area contributed by atoms with Crippen molar-refractivity contribution >= 4 is 27.3 Å². The van der Waals surface area contributed by atoms with Crippen molar-refractivity contribution in [3.05, 3.63) is 52.5 Å². The highest BCUT2D eigenvalue weighted by Crippen LogP contribution is 2.31. The van der Waals surface area contributed by atoms with Crippen molar-refractivity contribution in [1.29, 1.82) is 0 Å². The Morgan fingerprint density at radius 3 is 2.90 bits per heavy atom. The van der Waals surface area contributed by atoms with Crippen LogP contribution in [0.25, 0.3) is 0 Å². The predicted molar refractivity (Wildman–Crippen MR) is 91.5 cm³/mol. The van der Waals surface area contributed by atoms with Crippen molar-refractivity contribution in [2.45, 2.75) is 12.5 Å². The third-order valence-electron chi connectivity index (χ3n) is 3.66. The maximum Gasteiger partial charge on any atom is 0.123 e. The first-order valence-corrected chi connectivity index (χ1v) is 7.87. The molecule has 2 aromatic carbocycles. The first-order valence-electron chi connectivity index (χ1n) is 7.08. The fraction of sp³-hybridized carbons (Fsp3) is 0.294. The molecule has 0 saturated heterocycles. The molecule has 1 atom stereocenters. The average Bonchev–Trinajstić information content (AvgIpc) is 2.87. The van der Waals surface area contributed by atoms with E-state index in [-0.39, 0.29) is 6.10 Å². The van der Waals surface area contributed by atoms with Gasteiger partial charge in [-0.25, -0.2) is 0 Å². The van der Waals surface area contributed by atoms with Gasteiger partial charge in [0.15, 0.2) is 0 Å². The van der Waals surface area contributed by atoms with Crippen molar-refractivity contribution in [2.24, 2.45) is 0 Å². The molecule has 0 bridgehead atoms. The molecule has 0 fully saturated rings. The van der Waals surface area contributed by atoms with Crippen molar-refractivity contribution in [2.75, 3.05) is 30.9 Å². The van der Waals surface area contributed by atoms with E-state index in [9.17, 15) is 0 Å². The van der Waals surface area contributed by atoms with Crippen LogP contribution in [0.5, 0.6) is 5.75 Å². The third kappa shape index (κ3) is 3.32. The molecule has 0 amide bonds. The summed E-state index contributed by atoms with van der Waals surface area (Å²) in [6.45, 7) is 0.809. The summed E-state index contributed by atoms with van der Waals surface area (Å²) in [6, 6.07) is 14.6. The van der Waals surface area contributed by atoms with Gasteiger partial charge in [-0.15, -0.1) is 0 Å². The van der Waals surface area contributed by atoms with Crippen LogP contribution in [0.15, 0.2) is 46.9 Å². The first kappa shape index (κ1) is 14.3. The van der Waals surface area contributed by atoms with Crippen LogP contribution in [0.4, 0.5) is 11.4 Å². The van der Waals surface area contributed by atoms with Crippen LogP contribution in [0.2, 0.25) is 0 Å². The van der Waals surface area contributed by atoms with E-state index >= 15 is 0 Å². The number of nitrogens with zero attached hydrogens (tertiary/aromatic N) is 1. The van der Waals surface area contributed by atoms with Crippen LogP contribution < -0.4 is 15.0 Å². The number of ether oxygens (including phenoxy) is 1. The molecule has 1 aliphatic rings. The van der Waals surface area contributed by atoms with Crippen LogP contribution in [0.1, 0.15) is 5.56 Å². The average molecular weight is 347 g/mol. The topological polar surface area (TPSA) is 24.5 Å². The number of halogens is 1. The highest BCUT2D eigenvalue weighted by molar-refractivity contribution is 9.10. The normalized spacial score (nSPS) is 16.2. The molecule has 21 heavy (non-hydrogen) atoms. The second kappa shape index (κ2) is 5.98. The van der Waals surface area contributed by atoms with E-state index in [0.29, 0.717) is 0 Å². The lowest BCUT2D eigenvalue weighted by atomic mass is 10.1. The quantitative estimate of drug-likeness (QED) is 0.907. The van der Waals surface area contributed by atoms with Crippen LogP contribution in [0, 0.1) is 0 Å². The highest BCUT2D eigenvalue weighted by Gasteiger charge is 2.22. The van der Waals surface area contributed by atoms with Gasteiger partial charge in [0, 0.05) is 36.4 Å². The summed E-state index contributed by atoms with van der Waals surface area (Å²) in [7, 11) is 4.10. The van der Waals surface area contributed by atoms with E-state index in [4.69, 9.17) is 4.74 Å². The van der Waals surface area contributed by atoms with Crippen molar-refractivity contribution < 1.29 is 4.74 Å². The monoisotopic (exact) mass is 346 g/mol. The van der Waals surface area contributed by atoms with E-state index in [2.05, 4.69) is 56.5 Å². The van der Waals surface area contributed by atoms with E-state index in [0.717, 1.165) is 28.9 Å². The SMILES string of the molecule is CN(C)c1cccc(NCC2Cc3cc(Br)ccc3O2)c1. The second-order valence-electron chi connectivity index (χ2n) is 5.52. The summed E-state index contributed by atoms with van der Waals surface area (Å²) in [6.07, 6.45) is 1.15. The molecule has 1 heterocycles. The number of nitrogens with one attached hydrogen (secondary N) is 1. The van der Waals surface area contributed by atoms with Gasteiger partial charge in [0.1, 0.15) is 11.9 Å². The number of benzene rings is 2. The minimum absolute atomic E-state index is 0.192. The fourth-order valence-electron chi connectivity index (χ4n) is 2.53. The molecule has 0 aromatic heterocycles. The molecule has 2 aromatic rings. The first-order chi connectivity index (χ1) is 10.1. The van der Waals surface area contributed by atoms with Gasteiger partial charge in [0.05, 0.1) is 6.54 Å². The maximum atomic E-state index is 5.97. The second-order valence-corrected chi connectivity index (χ2v) is 6.44. The Morgan fingerprint density at radius 2 is 2.10 bits per heavy atom. The standard InChI is InChI=1S/C17H19BrN2O/c1-20(2)15-5-3-4-14(10-15)19-11-16-9-12-8-13(18)6-7-17(12)21-16/h3-8,10,16,19H,9,11H2,1-2H3. The Hall–Kier alpha value is -1.68. The smallest absolute Gasteiger partial charge is 0.123 e. The summed E-state index contributed by atoms with van der Waals surface area (Å²) in [4.78, 5) is 2.10. The van der Waals surface area contributed by atoms with Gasteiger partial charge in [0.25, 0.3) is 0 Å². The molecular formula is C17H19BrN2O. The molecule has 0 aliphatic carbocycles. The number of anilines is 2. The Morgan fingerprint density at radius 1 is 1.24 bits per heavy atom. The van der Waals surface area contributed by atoms with Crippen LogP contribution in [0.3, 0.4) is 0 Å². The highest BCUT2D eigenvalue weighted by atomic mass is 79.9. The minimum atomic E-state index is 0.192. The van der Waals surface area contributed by atoms with Crippen molar-refractivity contribution in [3.63, 3.8) is 0 Å². The number of rotatable bonds is 4. The van der Waals surface area contributed by atoms with Gasteiger partial charge < -0.3 is 15.0 Å². The van der Waals surface area contributed by atoms with E-state index in [1.165, 1.54) is 11.3 Å². The summed E-state index contributed by atoms with van der Waals surface area (Å²) in [5.41, 5.74) is 3.60. The minimum Gasteiger partial charge on any atom is -0.488 e. The Bertz CT molecular complexity index is 642. The Labute approximate surface area is 134 Å². The molecule has 1 aliphatic heterocycles. The largest absolute Gasteiger partial charge is 0.488 e. The van der Waals surface area contributed by atoms with Gasteiger partial charge in [-0.05, 0) is 42.0 Å². The molecule has 4 heteroatoms.